The number of carbonyl (C=O) groups excluding carboxylic acids is 2. The number of ether oxygens (including phenoxy) is 1. The molecule has 0 aromatic heterocycles. The summed E-state index contributed by atoms with van der Waals surface area (Å²) in [6.45, 7) is 5.48. The van der Waals surface area contributed by atoms with Crippen molar-refractivity contribution in [3.8, 4) is 0 Å². The van der Waals surface area contributed by atoms with Gasteiger partial charge in [0.1, 0.15) is 5.60 Å². The third-order valence-electron chi connectivity index (χ3n) is 1.45. The Morgan fingerprint density at radius 1 is 1.33 bits per heavy atom. The Morgan fingerprint density at radius 2 is 1.87 bits per heavy atom. The van der Waals surface area contributed by atoms with Crippen LogP contribution in [0.3, 0.4) is 0 Å². The van der Waals surface area contributed by atoms with Gasteiger partial charge in [0.25, 0.3) is 0 Å². The zero-order chi connectivity index (χ0) is 12.1. The first-order valence-corrected chi connectivity index (χ1v) is 4.78. The highest BCUT2D eigenvalue weighted by Crippen LogP contribution is 2.09. The van der Waals surface area contributed by atoms with Gasteiger partial charge < -0.3 is 10.5 Å². The quantitative estimate of drug-likeness (QED) is 0.404. The summed E-state index contributed by atoms with van der Waals surface area (Å²) in [6.07, 6.45) is -0.203. The number of nitrogens with two attached hydrogens (primary N) is 2. The Labute approximate surface area is 89.5 Å². The van der Waals surface area contributed by atoms with Crippen molar-refractivity contribution >= 4 is 12.0 Å². The van der Waals surface area contributed by atoms with Crippen LogP contribution in [0.4, 0.5) is 4.79 Å². The Morgan fingerprint density at radius 3 is 2.27 bits per heavy atom. The number of carbonyl (C=O) groups is 2. The van der Waals surface area contributed by atoms with Crippen LogP contribution in [0.15, 0.2) is 0 Å². The van der Waals surface area contributed by atoms with Crippen LogP contribution in [-0.4, -0.2) is 29.2 Å². The second-order valence-corrected chi connectivity index (χ2v) is 4.14. The van der Waals surface area contributed by atoms with E-state index in [1.165, 1.54) is 0 Å². The first-order valence-electron chi connectivity index (χ1n) is 4.78. The van der Waals surface area contributed by atoms with Crippen molar-refractivity contribution in [3.63, 3.8) is 0 Å². The number of imide groups is 1. The molecular formula is C9H19N3O3. The average molecular weight is 217 g/mol. The number of rotatable bonds is 3. The molecule has 0 aromatic rings. The number of amides is 2. The molecule has 2 amide bonds. The van der Waals surface area contributed by atoms with Gasteiger partial charge in [-0.2, -0.15) is 5.01 Å². The van der Waals surface area contributed by atoms with Gasteiger partial charge in [-0.05, 0) is 33.7 Å². The van der Waals surface area contributed by atoms with Crippen LogP contribution in [0.1, 0.15) is 33.6 Å². The summed E-state index contributed by atoms with van der Waals surface area (Å²) < 4.78 is 4.91. The van der Waals surface area contributed by atoms with E-state index in [1.807, 2.05) is 0 Å². The maximum Gasteiger partial charge on any atom is 0.431 e. The summed E-state index contributed by atoms with van der Waals surface area (Å²) in [5.41, 5.74) is 4.56. The lowest BCUT2D eigenvalue weighted by molar-refractivity contribution is -0.130. The maximum absolute atomic E-state index is 11.3. The van der Waals surface area contributed by atoms with Gasteiger partial charge >= 0.3 is 6.09 Å². The Kier molecular flexibility index (Phi) is 5.24. The summed E-state index contributed by atoms with van der Waals surface area (Å²) in [5.74, 6) is 4.79. The fourth-order valence-electron chi connectivity index (χ4n) is 0.787. The standard InChI is InChI=1S/C9H19N3O3/c1-9(2,3)15-8(14)12(11)7(13)5-4-6-10/h4-6,10-11H2,1-3H3. The molecule has 0 saturated carbocycles. The maximum atomic E-state index is 11.3. The first kappa shape index (κ1) is 13.9. The number of nitrogens with zero attached hydrogens (tertiary/aromatic N) is 1. The normalized spacial score (nSPS) is 11.0. The van der Waals surface area contributed by atoms with Crippen LogP contribution < -0.4 is 11.6 Å². The average Bonchev–Trinajstić information content (AvgIpc) is 2.10. The number of hydrogen-bond acceptors (Lipinski definition) is 5. The number of hydrogen-bond donors (Lipinski definition) is 2. The van der Waals surface area contributed by atoms with E-state index in [0.29, 0.717) is 18.0 Å². The van der Waals surface area contributed by atoms with Crippen molar-refractivity contribution in [2.24, 2.45) is 11.6 Å². The third-order valence-corrected chi connectivity index (χ3v) is 1.45. The molecule has 0 fully saturated rings. The molecule has 88 valence electrons. The van der Waals surface area contributed by atoms with Crippen LogP contribution in [0.2, 0.25) is 0 Å². The van der Waals surface area contributed by atoms with E-state index in [2.05, 4.69) is 0 Å². The van der Waals surface area contributed by atoms with Gasteiger partial charge in [-0.3, -0.25) is 4.79 Å². The zero-order valence-electron chi connectivity index (χ0n) is 9.45. The molecule has 6 heteroatoms. The minimum absolute atomic E-state index is 0.145. The van der Waals surface area contributed by atoms with Crippen molar-refractivity contribution in [2.75, 3.05) is 6.54 Å². The predicted octanol–water partition coefficient (Wildman–Crippen LogP) is 0.363. The van der Waals surface area contributed by atoms with E-state index in [-0.39, 0.29) is 6.42 Å². The fraction of sp³-hybridized carbons (Fsp3) is 0.778. The molecule has 0 spiro atoms. The van der Waals surface area contributed by atoms with Gasteiger partial charge in [0.05, 0.1) is 0 Å². The van der Waals surface area contributed by atoms with Gasteiger partial charge in [0, 0.05) is 6.42 Å². The lowest BCUT2D eigenvalue weighted by atomic mass is 10.2. The zero-order valence-corrected chi connectivity index (χ0v) is 9.45. The molecule has 0 radical (unpaired) electrons. The Bertz CT molecular complexity index is 235. The summed E-state index contributed by atoms with van der Waals surface area (Å²) in [6, 6.07) is 0. The van der Waals surface area contributed by atoms with Gasteiger partial charge in [0.15, 0.2) is 0 Å². The van der Waals surface area contributed by atoms with Gasteiger partial charge in [-0.1, -0.05) is 0 Å². The lowest BCUT2D eigenvalue weighted by Gasteiger charge is -2.23. The molecule has 0 rings (SSSR count). The Hall–Kier alpha value is -1.14. The van der Waals surface area contributed by atoms with Crippen molar-refractivity contribution in [2.45, 2.75) is 39.2 Å². The minimum atomic E-state index is -0.843. The van der Waals surface area contributed by atoms with Crippen molar-refractivity contribution in [1.82, 2.24) is 5.01 Å². The van der Waals surface area contributed by atoms with Crippen molar-refractivity contribution < 1.29 is 14.3 Å². The molecule has 0 saturated heterocycles. The molecule has 0 aliphatic heterocycles. The number of hydrazine groups is 1. The Balaban J connectivity index is 4.14. The summed E-state index contributed by atoms with van der Waals surface area (Å²) in [7, 11) is 0. The van der Waals surface area contributed by atoms with Crippen molar-refractivity contribution in [1.29, 1.82) is 0 Å². The molecule has 6 nitrogen and oxygen atoms in total. The second kappa shape index (κ2) is 5.67. The monoisotopic (exact) mass is 217 g/mol. The molecule has 0 heterocycles. The first-order chi connectivity index (χ1) is 6.78. The van der Waals surface area contributed by atoms with E-state index in [0.717, 1.165) is 0 Å². The van der Waals surface area contributed by atoms with Crippen LogP contribution >= 0.6 is 0 Å². The molecule has 0 aromatic carbocycles. The second-order valence-electron chi connectivity index (χ2n) is 4.14. The highest BCUT2D eigenvalue weighted by Gasteiger charge is 2.23. The van der Waals surface area contributed by atoms with E-state index in [9.17, 15) is 9.59 Å². The van der Waals surface area contributed by atoms with E-state index >= 15 is 0 Å². The molecule has 0 unspecified atom stereocenters. The predicted molar refractivity (Wildman–Crippen MR) is 55.6 cm³/mol. The van der Waals surface area contributed by atoms with Crippen LogP contribution in [0.5, 0.6) is 0 Å². The van der Waals surface area contributed by atoms with Crippen LogP contribution in [0, 0.1) is 0 Å². The molecule has 0 atom stereocenters. The topological polar surface area (TPSA) is 98.6 Å². The van der Waals surface area contributed by atoms with Crippen LogP contribution in [0.25, 0.3) is 0 Å². The molecule has 0 aliphatic carbocycles. The largest absolute Gasteiger partial charge is 0.442 e. The van der Waals surface area contributed by atoms with Crippen molar-refractivity contribution in [3.05, 3.63) is 0 Å². The summed E-state index contributed by atoms with van der Waals surface area (Å²) in [5, 5.41) is 0.487. The molecule has 0 aliphatic rings. The van der Waals surface area contributed by atoms with E-state index < -0.39 is 17.6 Å². The molecule has 4 N–H and O–H groups in total. The lowest BCUT2D eigenvalue weighted by Crippen LogP contribution is -2.45. The SMILES string of the molecule is CC(C)(C)OC(=O)N(N)C(=O)CCCN. The van der Waals surface area contributed by atoms with Crippen LogP contribution in [-0.2, 0) is 9.53 Å². The summed E-state index contributed by atoms with van der Waals surface area (Å²) in [4.78, 5) is 22.6. The molecular weight excluding hydrogens is 198 g/mol. The van der Waals surface area contributed by atoms with Gasteiger partial charge in [-0.15, -0.1) is 0 Å². The highest BCUT2D eigenvalue weighted by molar-refractivity contribution is 5.91. The van der Waals surface area contributed by atoms with Gasteiger partial charge in [0.2, 0.25) is 5.91 Å². The third kappa shape index (κ3) is 6.03. The summed E-state index contributed by atoms with van der Waals surface area (Å²) >= 11 is 0. The van der Waals surface area contributed by atoms with E-state index in [1.54, 1.807) is 20.8 Å². The highest BCUT2D eigenvalue weighted by atomic mass is 16.6. The fourth-order valence-corrected chi connectivity index (χ4v) is 0.787. The molecule has 0 bridgehead atoms. The van der Waals surface area contributed by atoms with E-state index in [4.69, 9.17) is 16.3 Å². The van der Waals surface area contributed by atoms with Gasteiger partial charge in [-0.25, -0.2) is 10.6 Å². The smallest absolute Gasteiger partial charge is 0.431 e. The minimum Gasteiger partial charge on any atom is -0.442 e. The molecule has 15 heavy (non-hydrogen) atoms.